The van der Waals surface area contributed by atoms with E-state index >= 15 is 0 Å². The zero-order valence-corrected chi connectivity index (χ0v) is 3.86. The molecule has 48 valence electrons. The average Bonchev–Trinajstić information content (AvgIpc) is 0.722. The lowest BCUT2D eigenvalue weighted by atomic mass is 11.0. The number of hydroxylamine groups is 3. The fraction of sp³-hybridized carbons (Fsp3) is 1.00. The van der Waals surface area contributed by atoms with Crippen LogP contribution < -0.4 is 0 Å². The molecule has 0 aromatic carbocycles. The van der Waals surface area contributed by atoms with Crippen LogP contribution in [-0.4, -0.2) is 25.8 Å². The summed E-state index contributed by atoms with van der Waals surface area (Å²) >= 11 is 0. The maximum atomic E-state index is 10.0. The minimum Gasteiger partial charge on any atom is -0.633 e. The van der Waals surface area contributed by atoms with Crippen LogP contribution in [-0.2, 0) is 0 Å². The molecule has 0 N–H and O–H groups in total. The molecule has 2 heteroatoms. The summed E-state index contributed by atoms with van der Waals surface area (Å²) < 4.78 is -0.250. The molecule has 0 aliphatic rings. The Morgan fingerprint density at radius 2 is 1.00 bits per heavy atom. The van der Waals surface area contributed by atoms with Gasteiger partial charge in [0.15, 0.2) is 0 Å². The molecule has 0 bridgehead atoms. The van der Waals surface area contributed by atoms with Gasteiger partial charge in [-0.2, -0.15) is 0 Å². The van der Waals surface area contributed by atoms with Gasteiger partial charge in [-0.15, -0.1) is 0 Å². The molecule has 0 saturated heterocycles. The predicted molar refractivity (Wildman–Crippen MR) is 34.9 cm³/mol. The average molecular weight is 107 g/mol. The van der Waals surface area contributed by atoms with E-state index in [1.54, 1.807) is 21.1 Å². The summed E-state index contributed by atoms with van der Waals surface area (Å²) in [6.07, 6.45) is 0. The maximum absolute atomic E-state index is 10.0. The number of nitrogens with zero attached hydrogens (tertiary/aromatic N) is 1. The topological polar surface area (TPSA) is 23.1 Å². The second-order valence-electron chi connectivity index (χ2n) is 1.89. The van der Waals surface area contributed by atoms with Gasteiger partial charge in [0.1, 0.15) is 0 Å². The molecule has 0 fully saturated rings. The normalized spacial score (nSPS) is 8.57. The molecular weight excluding hydrogens is 90.1 g/mol. The Bertz CT molecular complexity index is 23.6. The predicted octanol–water partition coefficient (Wildman–Crippen LogP) is 1.46. The second-order valence-corrected chi connectivity index (χ2v) is 1.89. The molecule has 0 atom stereocenters. The van der Waals surface area contributed by atoms with Crippen LogP contribution in [0.15, 0.2) is 0 Å². The third-order valence-electron chi connectivity index (χ3n) is 0. The Labute approximate surface area is 46.9 Å². The highest BCUT2D eigenvalue weighted by Gasteiger charge is 1.79. The Balaban J connectivity index is -0.0000000800. The highest BCUT2D eigenvalue weighted by molar-refractivity contribution is 4.05. The number of rotatable bonds is 0. The lowest BCUT2D eigenvalue weighted by Gasteiger charge is -2.27. The highest BCUT2D eigenvalue weighted by Crippen LogP contribution is 1.77. The van der Waals surface area contributed by atoms with Gasteiger partial charge in [0.25, 0.3) is 0 Å². The smallest absolute Gasteiger partial charge is 0.0674 e. The minimum atomic E-state index is -0.250. The SMILES string of the molecule is C.C.C[N+](C)(C)[O-]. The van der Waals surface area contributed by atoms with Crippen molar-refractivity contribution in [1.29, 1.82) is 0 Å². The number of quaternary nitrogens is 1. The van der Waals surface area contributed by atoms with Crippen molar-refractivity contribution in [2.45, 2.75) is 14.9 Å². The van der Waals surface area contributed by atoms with Crippen molar-refractivity contribution in [2.75, 3.05) is 21.1 Å². The molecule has 0 aromatic heterocycles. The summed E-state index contributed by atoms with van der Waals surface area (Å²) in [4.78, 5) is 0. The zero-order chi connectivity index (χ0) is 4.50. The molecule has 0 aromatic rings. The molecule has 0 unspecified atom stereocenters. The molecule has 7 heavy (non-hydrogen) atoms. The molecule has 0 rings (SSSR count). The van der Waals surface area contributed by atoms with Gasteiger partial charge in [0.2, 0.25) is 0 Å². The third-order valence-corrected chi connectivity index (χ3v) is 0. The molecule has 0 saturated carbocycles. The molecule has 0 heterocycles. The molecule has 0 spiro atoms. The van der Waals surface area contributed by atoms with Crippen molar-refractivity contribution in [3.05, 3.63) is 5.21 Å². The van der Waals surface area contributed by atoms with Crippen LogP contribution in [0.2, 0.25) is 0 Å². The first kappa shape index (κ1) is 15.8. The van der Waals surface area contributed by atoms with E-state index in [0.29, 0.717) is 0 Å². The van der Waals surface area contributed by atoms with E-state index in [0.717, 1.165) is 0 Å². The maximum Gasteiger partial charge on any atom is 0.0674 e. The van der Waals surface area contributed by atoms with Gasteiger partial charge in [-0.25, -0.2) is 0 Å². The van der Waals surface area contributed by atoms with Crippen molar-refractivity contribution < 1.29 is 4.65 Å². The first-order valence-corrected chi connectivity index (χ1v) is 1.52. The Kier molecular flexibility index (Phi) is 9.22. The van der Waals surface area contributed by atoms with Crippen molar-refractivity contribution in [2.24, 2.45) is 0 Å². The summed E-state index contributed by atoms with van der Waals surface area (Å²) in [6.45, 7) is 0. The molecule has 0 aliphatic heterocycles. The van der Waals surface area contributed by atoms with Crippen molar-refractivity contribution in [3.8, 4) is 0 Å². The van der Waals surface area contributed by atoms with Gasteiger partial charge >= 0.3 is 0 Å². The van der Waals surface area contributed by atoms with Gasteiger partial charge in [-0.1, -0.05) is 14.9 Å². The van der Waals surface area contributed by atoms with E-state index in [9.17, 15) is 5.21 Å². The summed E-state index contributed by atoms with van der Waals surface area (Å²) in [5.41, 5.74) is 0. The Morgan fingerprint density at radius 1 is 1.00 bits per heavy atom. The minimum absolute atomic E-state index is 0. The number of hydrogen-bond donors (Lipinski definition) is 0. The number of hydrogen-bond acceptors (Lipinski definition) is 1. The molecular formula is C5H17NO. The molecule has 0 aliphatic carbocycles. The Morgan fingerprint density at radius 3 is 1.00 bits per heavy atom. The van der Waals surface area contributed by atoms with Gasteiger partial charge < -0.3 is 9.85 Å². The fourth-order valence-electron chi connectivity index (χ4n) is 0. The standard InChI is InChI=1S/C3H9NO.2CH4/c1-4(2,3)5;;/h1-3H3;2*1H4. The first-order valence-electron chi connectivity index (χ1n) is 1.52. The van der Waals surface area contributed by atoms with Crippen molar-refractivity contribution in [1.82, 2.24) is 0 Å². The Hall–Kier alpha value is -0.0800. The molecule has 2 nitrogen and oxygen atoms in total. The largest absolute Gasteiger partial charge is 0.633 e. The molecule has 0 amide bonds. The third kappa shape index (κ3) is 14200. The van der Waals surface area contributed by atoms with E-state index in [-0.39, 0.29) is 19.5 Å². The van der Waals surface area contributed by atoms with E-state index in [1.165, 1.54) is 0 Å². The van der Waals surface area contributed by atoms with Crippen LogP contribution in [0, 0.1) is 5.21 Å². The quantitative estimate of drug-likeness (QED) is 0.339. The van der Waals surface area contributed by atoms with Crippen LogP contribution in [0.5, 0.6) is 0 Å². The van der Waals surface area contributed by atoms with Gasteiger partial charge in [-0.3, -0.25) is 0 Å². The van der Waals surface area contributed by atoms with Gasteiger partial charge in [0.05, 0.1) is 21.1 Å². The lowest BCUT2D eigenvalue weighted by molar-refractivity contribution is -0.818. The van der Waals surface area contributed by atoms with E-state index < -0.39 is 0 Å². The second kappa shape index (κ2) is 4.09. The van der Waals surface area contributed by atoms with Crippen LogP contribution in [0.1, 0.15) is 14.9 Å². The van der Waals surface area contributed by atoms with Crippen LogP contribution in [0.25, 0.3) is 0 Å². The summed E-state index contributed by atoms with van der Waals surface area (Å²) in [7, 11) is 4.71. The van der Waals surface area contributed by atoms with Gasteiger partial charge in [0, 0.05) is 0 Å². The van der Waals surface area contributed by atoms with Crippen molar-refractivity contribution >= 4 is 0 Å². The van der Waals surface area contributed by atoms with Crippen LogP contribution in [0.3, 0.4) is 0 Å². The van der Waals surface area contributed by atoms with Crippen LogP contribution >= 0.6 is 0 Å². The summed E-state index contributed by atoms with van der Waals surface area (Å²) in [5.74, 6) is 0. The van der Waals surface area contributed by atoms with Crippen LogP contribution in [0.4, 0.5) is 0 Å². The highest BCUT2D eigenvalue weighted by atomic mass is 16.5. The van der Waals surface area contributed by atoms with E-state index in [4.69, 9.17) is 0 Å². The first-order chi connectivity index (χ1) is 2.00. The van der Waals surface area contributed by atoms with E-state index in [1.807, 2.05) is 0 Å². The van der Waals surface area contributed by atoms with Gasteiger partial charge in [-0.05, 0) is 0 Å². The monoisotopic (exact) mass is 107 g/mol. The molecule has 0 radical (unpaired) electrons. The zero-order valence-electron chi connectivity index (χ0n) is 3.86. The fourth-order valence-corrected chi connectivity index (χ4v) is 0. The van der Waals surface area contributed by atoms with E-state index in [2.05, 4.69) is 0 Å². The summed E-state index contributed by atoms with van der Waals surface area (Å²) in [6, 6.07) is 0. The van der Waals surface area contributed by atoms with Crippen molar-refractivity contribution in [3.63, 3.8) is 0 Å². The lowest BCUT2D eigenvalue weighted by Crippen LogP contribution is -2.25. The summed E-state index contributed by atoms with van der Waals surface area (Å²) in [5, 5.41) is 10.0.